The molecule has 1 aromatic carbocycles. The topological polar surface area (TPSA) is 54.0 Å². The summed E-state index contributed by atoms with van der Waals surface area (Å²) in [4.78, 5) is 16.2. The van der Waals surface area contributed by atoms with Gasteiger partial charge in [-0.05, 0) is 36.8 Å². The standard InChI is InChI=1S/C15H15ClFN3O/c1-9(10-3-5-12(17)6-4-10)19-15(21)11-7-13(16)20-14(8-11)18-2/h3-9H,1-2H3,(H,18,20)(H,19,21). The first-order chi connectivity index (χ1) is 9.99. The van der Waals surface area contributed by atoms with Crippen LogP contribution in [0.2, 0.25) is 5.15 Å². The second-order valence-corrected chi connectivity index (χ2v) is 4.95. The smallest absolute Gasteiger partial charge is 0.251 e. The first-order valence-electron chi connectivity index (χ1n) is 6.41. The second kappa shape index (κ2) is 6.54. The number of amides is 1. The minimum absolute atomic E-state index is 0.237. The van der Waals surface area contributed by atoms with Crippen molar-refractivity contribution in [3.8, 4) is 0 Å². The molecule has 2 aromatic rings. The lowest BCUT2D eigenvalue weighted by molar-refractivity contribution is 0.0940. The fourth-order valence-corrected chi connectivity index (χ4v) is 2.08. The molecule has 1 aromatic heterocycles. The lowest BCUT2D eigenvalue weighted by atomic mass is 10.1. The number of hydrogen-bond acceptors (Lipinski definition) is 3. The van der Waals surface area contributed by atoms with Crippen LogP contribution < -0.4 is 10.6 Å². The highest BCUT2D eigenvalue weighted by Gasteiger charge is 2.13. The van der Waals surface area contributed by atoms with E-state index in [2.05, 4.69) is 15.6 Å². The summed E-state index contributed by atoms with van der Waals surface area (Å²) < 4.78 is 12.9. The number of hydrogen-bond donors (Lipinski definition) is 2. The van der Waals surface area contributed by atoms with Gasteiger partial charge in [0.2, 0.25) is 0 Å². The van der Waals surface area contributed by atoms with Gasteiger partial charge in [-0.1, -0.05) is 23.7 Å². The number of carbonyl (C=O) groups excluding carboxylic acids is 1. The van der Waals surface area contributed by atoms with Gasteiger partial charge >= 0.3 is 0 Å². The molecule has 2 N–H and O–H groups in total. The third-order valence-electron chi connectivity index (χ3n) is 3.03. The molecule has 6 heteroatoms. The third kappa shape index (κ3) is 3.92. The van der Waals surface area contributed by atoms with Crippen molar-refractivity contribution in [1.29, 1.82) is 0 Å². The Balaban J connectivity index is 2.13. The monoisotopic (exact) mass is 307 g/mol. The van der Waals surface area contributed by atoms with Crippen LogP contribution in [0.1, 0.15) is 28.9 Å². The number of nitrogens with one attached hydrogen (secondary N) is 2. The van der Waals surface area contributed by atoms with E-state index in [4.69, 9.17) is 11.6 Å². The molecule has 2 rings (SSSR count). The molecule has 0 bridgehead atoms. The van der Waals surface area contributed by atoms with Gasteiger partial charge in [0, 0.05) is 12.6 Å². The van der Waals surface area contributed by atoms with E-state index in [-0.39, 0.29) is 22.9 Å². The van der Waals surface area contributed by atoms with Gasteiger partial charge in [0.15, 0.2) is 0 Å². The molecule has 0 saturated heterocycles. The number of anilines is 1. The Bertz CT molecular complexity index is 646. The molecule has 0 spiro atoms. The Labute approximate surface area is 127 Å². The molecule has 0 aliphatic heterocycles. The van der Waals surface area contributed by atoms with Crippen molar-refractivity contribution in [3.63, 3.8) is 0 Å². The molecule has 0 saturated carbocycles. The van der Waals surface area contributed by atoms with Crippen LogP contribution >= 0.6 is 11.6 Å². The number of aromatic nitrogens is 1. The zero-order chi connectivity index (χ0) is 15.4. The molecule has 4 nitrogen and oxygen atoms in total. The largest absolute Gasteiger partial charge is 0.373 e. The van der Waals surface area contributed by atoms with E-state index < -0.39 is 0 Å². The zero-order valence-electron chi connectivity index (χ0n) is 11.7. The molecular weight excluding hydrogens is 293 g/mol. The maximum Gasteiger partial charge on any atom is 0.251 e. The maximum absolute atomic E-state index is 12.9. The van der Waals surface area contributed by atoms with Crippen molar-refractivity contribution >= 4 is 23.3 Å². The SMILES string of the molecule is CNc1cc(C(=O)NC(C)c2ccc(F)cc2)cc(Cl)n1. The van der Waals surface area contributed by atoms with Crippen LogP contribution in [0.5, 0.6) is 0 Å². The maximum atomic E-state index is 12.9. The molecule has 0 radical (unpaired) electrons. The Morgan fingerprint density at radius 3 is 2.57 bits per heavy atom. The Kier molecular flexibility index (Phi) is 4.75. The van der Waals surface area contributed by atoms with Crippen LogP contribution in [0, 0.1) is 5.82 Å². The number of benzene rings is 1. The normalized spacial score (nSPS) is 11.8. The summed E-state index contributed by atoms with van der Waals surface area (Å²) in [5.41, 5.74) is 1.23. The van der Waals surface area contributed by atoms with E-state index in [0.717, 1.165) is 5.56 Å². The van der Waals surface area contributed by atoms with E-state index in [9.17, 15) is 9.18 Å². The van der Waals surface area contributed by atoms with E-state index in [1.165, 1.54) is 18.2 Å². The van der Waals surface area contributed by atoms with Gasteiger partial charge in [0.05, 0.1) is 6.04 Å². The number of carbonyl (C=O) groups is 1. The summed E-state index contributed by atoms with van der Waals surface area (Å²) in [6.07, 6.45) is 0. The molecule has 0 aliphatic carbocycles. The van der Waals surface area contributed by atoms with Crippen LogP contribution in [0.3, 0.4) is 0 Å². The minimum atomic E-state index is -0.308. The number of nitrogens with zero attached hydrogens (tertiary/aromatic N) is 1. The van der Waals surface area contributed by atoms with Gasteiger partial charge in [-0.2, -0.15) is 0 Å². The molecule has 0 fully saturated rings. The zero-order valence-corrected chi connectivity index (χ0v) is 12.4. The molecule has 21 heavy (non-hydrogen) atoms. The van der Waals surface area contributed by atoms with Gasteiger partial charge in [-0.25, -0.2) is 9.37 Å². The van der Waals surface area contributed by atoms with Crippen molar-refractivity contribution in [3.05, 3.63) is 58.5 Å². The highest BCUT2D eigenvalue weighted by Crippen LogP contribution is 2.17. The second-order valence-electron chi connectivity index (χ2n) is 4.56. The average Bonchev–Trinajstić information content (AvgIpc) is 2.47. The highest BCUT2D eigenvalue weighted by atomic mass is 35.5. The highest BCUT2D eigenvalue weighted by molar-refractivity contribution is 6.29. The quantitative estimate of drug-likeness (QED) is 0.851. The van der Waals surface area contributed by atoms with E-state index in [1.807, 2.05) is 6.92 Å². The lowest BCUT2D eigenvalue weighted by Gasteiger charge is -2.15. The first-order valence-corrected chi connectivity index (χ1v) is 6.79. The van der Waals surface area contributed by atoms with Crippen LogP contribution in [0.15, 0.2) is 36.4 Å². The van der Waals surface area contributed by atoms with Crippen molar-refractivity contribution in [1.82, 2.24) is 10.3 Å². The van der Waals surface area contributed by atoms with Crippen molar-refractivity contribution < 1.29 is 9.18 Å². The Morgan fingerprint density at radius 1 is 1.29 bits per heavy atom. The number of halogens is 2. The summed E-state index contributed by atoms with van der Waals surface area (Å²) in [7, 11) is 1.70. The van der Waals surface area contributed by atoms with Gasteiger partial charge in [-0.15, -0.1) is 0 Å². The van der Waals surface area contributed by atoms with Gasteiger partial charge in [0.25, 0.3) is 5.91 Å². The average molecular weight is 308 g/mol. The van der Waals surface area contributed by atoms with Crippen molar-refractivity contribution in [2.45, 2.75) is 13.0 Å². The van der Waals surface area contributed by atoms with Gasteiger partial charge < -0.3 is 10.6 Å². The molecule has 1 amide bonds. The molecular formula is C15H15ClFN3O. The molecule has 110 valence electrons. The minimum Gasteiger partial charge on any atom is -0.373 e. The van der Waals surface area contributed by atoms with E-state index in [1.54, 1.807) is 25.2 Å². The van der Waals surface area contributed by atoms with Crippen molar-refractivity contribution in [2.24, 2.45) is 0 Å². The summed E-state index contributed by atoms with van der Waals surface area (Å²) in [5.74, 6) is -0.0634. The Hall–Kier alpha value is -2.14. The molecule has 1 unspecified atom stereocenters. The molecule has 0 aliphatic rings. The fraction of sp³-hybridized carbons (Fsp3) is 0.200. The summed E-state index contributed by atoms with van der Waals surface area (Å²) in [6.45, 7) is 1.83. The predicted octanol–water partition coefficient (Wildman–Crippen LogP) is 3.41. The predicted molar refractivity (Wildman–Crippen MR) is 81.1 cm³/mol. The van der Waals surface area contributed by atoms with E-state index >= 15 is 0 Å². The summed E-state index contributed by atoms with van der Waals surface area (Å²) in [6, 6.07) is 8.86. The van der Waals surface area contributed by atoms with Crippen molar-refractivity contribution in [2.75, 3.05) is 12.4 Å². The first kappa shape index (κ1) is 15.3. The van der Waals surface area contributed by atoms with Gasteiger partial charge in [0.1, 0.15) is 16.8 Å². The summed E-state index contributed by atoms with van der Waals surface area (Å²) >= 11 is 5.87. The van der Waals surface area contributed by atoms with Crippen LogP contribution in [0.4, 0.5) is 10.2 Å². The van der Waals surface area contributed by atoms with Crippen LogP contribution in [-0.2, 0) is 0 Å². The summed E-state index contributed by atoms with van der Waals surface area (Å²) in [5, 5.41) is 5.91. The Morgan fingerprint density at radius 2 is 1.95 bits per heavy atom. The number of pyridine rings is 1. The van der Waals surface area contributed by atoms with Crippen LogP contribution in [0.25, 0.3) is 0 Å². The van der Waals surface area contributed by atoms with Gasteiger partial charge in [-0.3, -0.25) is 4.79 Å². The lowest BCUT2D eigenvalue weighted by Crippen LogP contribution is -2.26. The van der Waals surface area contributed by atoms with E-state index in [0.29, 0.717) is 11.4 Å². The molecule has 1 atom stereocenters. The number of rotatable bonds is 4. The van der Waals surface area contributed by atoms with Crippen LogP contribution in [-0.4, -0.2) is 17.9 Å². The molecule has 1 heterocycles. The fourth-order valence-electron chi connectivity index (χ4n) is 1.87. The third-order valence-corrected chi connectivity index (χ3v) is 3.22.